The van der Waals surface area contributed by atoms with Gasteiger partial charge in [-0.3, -0.25) is 4.90 Å². The normalized spacial score (nSPS) is 12.7. The minimum Gasteiger partial charge on any atom is -0.478 e. The Hall–Kier alpha value is -1.13. The Balaban J connectivity index is 2.45. The van der Waals surface area contributed by atoms with E-state index in [0.717, 1.165) is 6.42 Å². The van der Waals surface area contributed by atoms with Crippen LogP contribution in [0.15, 0.2) is 29.7 Å². The Morgan fingerprint density at radius 2 is 2.38 bits per heavy atom. The van der Waals surface area contributed by atoms with E-state index in [1.807, 2.05) is 18.0 Å². The molecule has 1 atom stereocenters. The first-order valence-corrected chi connectivity index (χ1v) is 6.02. The second-order valence-corrected chi connectivity index (χ2v) is 4.99. The van der Waals surface area contributed by atoms with Crippen molar-refractivity contribution in [2.75, 3.05) is 13.6 Å². The number of carboxylic acid groups (broad SMARTS) is 1. The lowest BCUT2D eigenvalue weighted by molar-refractivity contribution is -0.132. The van der Waals surface area contributed by atoms with Gasteiger partial charge in [-0.05, 0) is 31.8 Å². The Kier molecular flexibility index (Phi) is 4.71. The monoisotopic (exact) mass is 239 g/mol. The molecule has 0 saturated carbocycles. The number of nitrogens with zero attached hydrogens (tertiary/aromatic N) is 1. The van der Waals surface area contributed by atoms with E-state index >= 15 is 0 Å². The molecule has 0 aliphatic rings. The highest BCUT2D eigenvalue weighted by Crippen LogP contribution is 2.14. The molecule has 0 spiro atoms. The molecule has 0 fully saturated rings. The van der Waals surface area contributed by atoms with Crippen molar-refractivity contribution in [1.82, 2.24) is 4.90 Å². The minimum absolute atomic E-state index is 0.237. The molecule has 16 heavy (non-hydrogen) atoms. The van der Waals surface area contributed by atoms with Crippen molar-refractivity contribution in [2.24, 2.45) is 0 Å². The molecule has 0 amide bonds. The second kappa shape index (κ2) is 5.82. The van der Waals surface area contributed by atoms with Gasteiger partial charge in [0.1, 0.15) is 0 Å². The van der Waals surface area contributed by atoms with Crippen LogP contribution in [0.3, 0.4) is 0 Å². The minimum atomic E-state index is -0.921. The van der Waals surface area contributed by atoms with Crippen molar-refractivity contribution in [1.29, 1.82) is 0 Å². The third kappa shape index (κ3) is 3.79. The maximum Gasteiger partial charge on any atom is 0.332 e. The summed E-state index contributed by atoms with van der Waals surface area (Å²) in [6.45, 7) is 6.03. The van der Waals surface area contributed by atoms with Gasteiger partial charge in [0.25, 0.3) is 0 Å². The molecule has 1 rings (SSSR count). The third-order valence-electron chi connectivity index (χ3n) is 2.57. The molecule has 0 radical (unpaired) electrons. The fourth-order valence-corrected chi connectivity index (χ4v) is 2.23. The zero-order valence-corrected chi connectivity index (χ0v) is 10.5. The highest BCUT2D eigenvalue weighted by atomic mass is 32.1. The molecule has 0 bridgehead atoms. The van der Waals surface area contributed by atoms with E-state index in [-0.39, 0.29) is 5.57 Å². The Morgan fingerprint density at radius 1 is 1.69 bits per heavy atom. The number of likely N-dealkylation sites (N-methyl/N-ethyl adjacent to an activating group) is 1. The van der Waals surface area contributed by atoms with Gasteiger partial charge in [-0.1, -0.05) is 12.6 Å². The lowest BCUT2D eigenvalue weighted by atomic mass is 10.1. The van der Waals surface area contributed by atoms with Crippen LogP contribution in [0.5, 0.6) is 0 Å². The van der Waals surface area contributed by atoms with E-state index in [9.17, 15) is 4.79 Å². The van der Waals surface area contributed by atoms with Gasteiger partial charge >= 0.3 is 5.97 Å². The van der Waals surface area contributed by atoms with Crippen molar-refractivity contribution in [3.8, 4) is 0 Å². The summed E-state index contributed by atoms with van der Waals surface area (Å²) in [4.78, 5) is 14.0. The molecule has 1 N–H and O–H groups in total. The van der Waals surface area contributed by atoms with Crippen LogP contribution in [0.2, 0.25) is 0 Å². The average molecular weight is 239 g/mol. The van der Waals surface area contributed by atoms with Crippen LogP contribution >= 0.6 is 11.3 Å². The van der Waals surface area contributed by atoms with Gasteiger partial charge in [0, 0.05) is 23.0 Å². The molecule has 0 aromatic carbocycles. The fourth-order valence-electron chi connectivity index (χ4n) is 1.40. The zero-order valence-electron chi connectivity index (χ0n) is 9.64. The number of carbonyl (C=O) groups is 1. The van der Waals surface area contributed by atoms with Crippen LogP contribution < -0.4 is 0 Å². The molecule has 0 aliphatic heterocycles. The molecule has 4 heteroatoms. The predicted octanol–water partition coefficient (Wildman–Crippen LogP) is 2.25. The number of aliphatic carboxylic acids is 1. The molecular weight excluding hydrogens is 222 g/mol. The van der Waals surface area contributed by atoms with Crippen molar-refractivity contribution in [3.63, 3.8) is 0 Å². The van der Waals surface area contributed by atoms with Crippen LogP contribution in [-0.2, 0) is 11.2 Å². The third-order valence-corrected chi connectivity index (χ3v) is 3.47. The zero-order chi connectivity index (χ0) is 12.1. The standard InChI is InChI=1S/C12H17NO2S/c1-9(12(14)15)8-13(3)10(2)7-11-5-4-6-16-11/h4-6,10H,1,7-8H2,2-3H3,(H,14,15). The van der Waals surface area contributed by atoms with E-state index in [4.69, 9.17) is 5.11 Å². The molecule has 0 saturated heterocycles. The van der Waals surface area contributed by atoms with Crippen LogP contribution in [-0.4, -0.2) is 35.6 Å². The van der Waals surface area contributed by atoms with Gasteiger partial charge in [-0.25, -0.2) is 4.79 Å². The van der Waals surface area contributed by atoms with Gasteiger partial charge < -0.3 is 5.11 Å². The lowest BCUT2D eigenvalue weighted by Gasteiger charge is -2.24. The van der Waals surface area contributed by atoms with Crippen LogP contribution in [0.1, 0.15) is 11.8 Å². The molecule has 1 aromatic heterocycles. The van der Waals surface area contributed by atoms with E-state index in [1.165, 1.54) is 4.88 Å². The Bertz CT molecular complexity index is 359. The summed E-state index contributed by atoms with van der Waals surface area (Å²) in [5.74, 6) is -0.921. The van der Waals surface area contributed by atoms with E-state index < -0.39 is 5.97 Å². The smallest absolute Gasteiger partial charge is 0.332 e. The van der Waals surface area contributed by atoms with E-state index in [1.54, 1.807) is 11.3 Å². The maximum absolute atomic E-state index is 10.7. The number of rotatable bonds is 6. The molecule has 1 aromatic rings. The molecular formula is C12H17NO2S. The summed E-state index contributed by atoms with van der Waals surface area (Å²) in [5.41, 5.74) is 0.237. The van der Waals surface area contributed by atoms with Crippen LogP contribution in [0, 0.1) is 0 Å². The SMILES string of the molecule is C=C(CN(C)C(C)Cc1cccs1)C(=O)O. The molecule has 1 heterocycles. The van der Waals surface area contributed by atoms with Gasteiger partial charge in [0.2, 0.25) is 0 Å². The van der Waals surface area contributed by atoms with Gasteiger partial charge in [0.05, 0.1) is 0 Å². The first kappa shape index (κ1) is 12.9. The number of carboxylic acids is 1. The molecule has 1 unspecified atom stereocenters. The predicted molar refractivity (Wildman–Crippen MR) is 66.9 cm³/mol. The highest BCUT2D eigenvalue weighted by molar-refractivity contribution is 7.09. The van der Waals surface area contributed by atoms with Crippen molar-refractivity contribution < 1.29 is 9.90 Å². The lowest BCUT2D eigenvalue weighted by Crippen LogP contribution is -2.33. The number of thiophene rings is 1. The molecule has 3 nitrogen and oxygen atoms in total. The Morgan fingerprint density at radius 3 is 2.88 bits per heavy atom. The van der Waals surface area contributed by atoms with Crippen molar-refractivity contribution in [3.05, 3.63) is 34.5 Å². The van der Waals surface area contributed by atoms with Crippen molar-refractivity contribution in [2.45, 2.75) is 19.4 Å². The summed E-state index contributed by atoms with van der Waals surface area (Å²) in [7, 11) is 1.92. The number of hydrogen-bond donors (Lipinski definition) is 1. The summed E-state index contributed by atoms with van der Waals surface area (Å²) in [6.07, 6.45) is 0.946. The van der Waals surface area contributed by atoms with Gasteiger partial charge in [-0.2, -0.15) is 0 Å². The maximum atomic E-state index is 10.7. The first-order chi connectivity index (χ1) is 7.50. The first-order valence-electron chi connectivity index (χ1n) is 5.14. The van der Waals surface area contributed by atoms with Crippen LogP contribution in [0.25, 0.3) is 0 Å². The Labute approximate surface area is 100 Å². The quantitative estimate of drug-likeness (QED) is 0.774. The summed E-state index contributed by atoms with van der Waals surface area (Å²) >= 11 is 1.73. The van der Waals surface area contributed by atoms with Crippen LogP contribution in [0.4, 0.5) is 0 Å². The van der Waals surface area contributed by atoms with Crippen molar-refractivity contribution >= 4 is 17.3 Å². The largest absolute Gasteiger partial charge is 0.478 e. The van der Waals surface area contributed by atoms with Gasteiger partial charge in [0.15, 0.2) is 0 Å². The number of hydrogen-bond acceptors (Lipinski definition) is 3. The topological polar surface area (TPSA) is 40.5 Å². The molecule has 0 aliphatic carbocycles. The fraction of sp³-hybridized carbons (Fsp3) is 0.417. The highest BCUT2D eigenvalue weighted by Gasteiger charge is 2.14. The summed E-state index contributed by atoms with van der Waals surface area (Å²) in [5, 5.41) is 10.8. The van der Waals surface area contributed by atoms with E-state index in [0.29, 0.717) is 12.6 Å². The summed E-state index contributed by atoms with van der Waals surface area (Å²) < 4.78 is 0. The van der Waals surface area contributed by atoms with E-state index in [2.05, 4.69) is 24.9 Å². The average Bonchev–Trinajstić information content (AvgIpc) is 2.69. The second-order valence-electron chi connectivity index (χ2n) is 3.96. The molecule has 88 valence electrons. The van der Waals surface area contributed by atoms with Gasteiger partial charge in [-0.15, -0.1) is 11.3 Å². The summed E-state index contributed by atoms with van der Waals surface area (Å²) in [6, 6.07) is 4.44.